The van der Waals surface area contributed by atoms with E-state index in [1.807, 2.05) is 18.2 Å². The zero-order chi connectivity index (χ0) is 15.3. The number of hydrogen-bond donors (Lipinski definition) is 0. The van der Waals surface area contributed by atoms with E-state index in [4.69, 9.17) is 4.74 Å². The molecule has 2 saturated heterocycles. The van der Waals surface area contributed by atoms with Crippen LogP contribution in [0.1, 0.15) is 43.5 Å². The molecule has 2 atom stereocenters. The molecule has 2 aliphatic heterocycles. The lowest BCUT2D eigenvalue weighted by molar-refractivity contribution is -0.151. The first-order valence-electron chi connectivity index (χ1n) is 7.39. The molecule has 0 radical (unpaired) electrons. The minimum Gasteiger partial charge on any atom is -0.467 e. The highest BCUT2D eigenvalue weighted by Crippen LogP contribution is 2.56. The van der Waals surface area contributed by atoms with Gasteiger partial charge in [-0.3, -0.25) is 4.79 Å². The molecule has 2 fully saturated rings. The summed E-state index contributed by atoms with van der Waals surface area (Å²) in [6.07, 6.45) is 2.24. The van der Waals surface area contributed by atoms with E-state index in [0.717, 1.165) is 6.42 Å². The van der Waals surface area contributed by atoms with E-state index in [-0.39, 0.29) is 23.3 Å². The fraction of sp³-hybridized carbons (Fsp3) is 0.529. The Hall–Kier alpha value is -1.84. The Morgan fingerprint density at radius 2 is 1.90 bits per heavy atom. The highest BCUT2D eigenvalue weighted by Gasteiger charge is 2.65. The van der Waals surface area contributed by atoms with E-state index in [2.05, 4.69) is 13.8 Å². The Bertz CT molecular complexity index is 581. The topological polar surface area (TPSA) is 46.6 Å². The minimum absolute atomic E-state index is 0.0587. The molecule has 4 nitrogen and oxygen atoms in total. The molecule has 2 unspecified atom stereocenters. The third kappa shape index (κ3) is 1.88. The van der Waals surface area contributed by atoms with Crippen molar-refractivity contribution >= 4 is 11.9 Å². The van der Waals surface area contributed by atoms with Crippen LogP contribution in [-0.2, 0) is 9.53 Å². The number of ether oxygens (including phenoxy) is 1. The van der Waals surface area contributed by atoms with Gasteiger partial charge in [-0.05, 0) is 36.8 Å². The Morgan fingerprint density at radius 3 is 2.48 bits per heavy atom. The lowest BCUT2D eigenvalue weighted by Gasteiger charge is -2.32. The zero-order valence-corrected chi connectivity index (χ0v) is 12.8. The molecule has 21 heavy (non-hydrogen) atoms. The summed E-state index contributed by atoms with van der Waals surface area (Å²) in [7, 11) is 1.40. The van der Waals surface area contributed by atoms with Crippen molar-refractivity contribution in [2.45, 2.75) is 44.7 Å². The molecule has 4 heteroatoms. The maximum absolute atomic E-state index is 12.9. The predicted molar refractivity (Wildman–Crippen MR) is 78.8 cm³/mol. The van der Waals surface area contributed by atoms with E-state index in [0.29, 0.717) is 18.4 Å². The standard InChI is InChI=1S/C17H21NO3/c1-16(2)11-17(15(20)21-3)10-9-13(16)18(17)14(19)12-7-5-4-6-8-12/h4-8,13H,9-11H2,1-3H3. The summed E-state index contributed by atoms with van der Waals surface area (Å²) in [6, 6.07) is 9.29. The van der Waals surface area contributed by atoms with Crippen molar-refractivity contribution in [1.29, 1.82) is 0 Å². The smallest absolute Gasteiger partial charge is 0.331 e. The molecule has 0 saturated carbocycles. The second-order valence-corrected chi connectivity index (χ2v) is 6.78. The summed E-state index contributed by atoms with van der Waals surface area (Å²) in [5.74, 6) is -0.339. The predicted octanol–water partition coefficient (Wildman–Crippen LogP) is 2.63. The number of fused-ring (bicyclic) bond motifs is 2. The largest absolute Gasteiger partial charge is 0.467 e. The Morgan fingerprint density at radius 1 is 1.24 bits per heavy atom. The molecule has 3 rings (SSSR count). The lowest BCUT2D eigenvalue weighted by Crippen LogP contribution is -2.51. The number of benzene rings is 1. The third-order valence-corrected chi connectivity index (χ3v) is 5.06. The van der Waals surface area contributed by atoms with Crippen molar-refractivity contribution in [3.05, 3.63) is 35.9 Å². The van der Waals surface area contributed by atoms with Crippen LogP contribution < -0.4 is 0 Å². The summed E-state index contributed by atoms with van der Waals surface area (Å²) < 4.78 is 5.03. The summed E-state index contributed by atoms with van der Waals surface area (Å²) in [5, 5.41) is 0. The highest BCUT2D eigenvalue weighted by atomic mass is 16.5. The number of rotatable bonds is 2. The van der Waals surface area contributed by atoms with Gasteiger partial charge in [-0.1, -0.05) is 32.0 Å². The number of carbonyl (C=O) groups excluding carboxylic acids is 2. The molecule has 1 amide bonds. The molecule has 0 spiro atoms. The number of carbonyl (C=O) groups is 2. The molecular weight excluding hydrogens is 266 g/mol. The molecule has 112 valence electrons. The maximum Gasteiger partial charge on any atom is 0.331 e. The SMILES string of the molecule is COC(=O)C12CCC(N1C(=O)c1ccccc1)C(C)(C)C2. The van der Waals surface area contributed by atoms with E-state index in [1.54, 1.807) is 17.0 Å². The van der Waals surface area contributed by atoms with Gasteiger partial charge in [-0.15, -0.1) is 0 Å². The van der Waals surface area contributed by atoms with E-state index < -0.39 is 5.54 Å². The van der Waals surface area contributed by atoms with Crippen LogP contribution in [0.2, 0.25) is 0 Å². The van der Waals surface area contributed by atoms with Crippen molar-refractivity contribution in [3.63, 3.8) is 0 Å². The van der Waals surface area contributed by atoms with Gasteiger partial charge in [-0.2, -0.15) is 0 Å². The normalized spacial score (nSPS) is 29.5. The van der Waals surface area contributed by atoms with Crippen LogP contribution >= 0.6 is 0 Å². The van der Waals surface area contributed by atoms with Crippen LogP contribution in [0.15, 0.2) is 30.3 Å². The Kier molecular flexibility index (Phi) is 3.08. The third-order valence-electron chi connectivity index (χ3n) is 5.06. The first-order chi connectivity index (χ1) is 9.92. The second kappa shape index (κ2) is 4.58. The average molecular weight is 287 g/mol. The van der Waals surface area contributed by atoms with Gasteiger partial charge in [-0.25, -0.2) is 4.79 Å². The summed E-state index contributed by atoms with van der Waals surface area (Å²) in [6.45, 7) is 4.26. The molecule has 0 aliphatic carbocycles. The van der Waals surface area contributed by atoms with Crippen molar-refractivity contribution in [2.24, 2.45) is 5.41 Å². The maximum atomic E-state index is 12.9. The van der Waals surface area contributed by atoms with Gasteiger partial charge in [0.1, 0.15) is 5.54 Å². The van der Waals surface area contributed by atoms with Crippen LogP contribution in [0.25, 0.3) is 0 Å². The van der Waals surface area contributed by atoms with E-state index in [1.165, 1.54) is 7.11 Å². The van der Waals surface area contributed by atoms with Gasteiger partial charge in [0.2, 0.25) is 0 Å². The fourth-order valence-corrected chi connectivity index (χ4v) is 4.23. The summed E-state index contributed by atoms with van der Waals surface area (Å²) >= 11 is 0. The lowest BCUT2D eigenvalue weighted by atomic mass is 9.72. The van der Waals surface area contributed by atoms with Gasteiger partial charge in [0.15, 0.2) is 0 Å². The molecule has 2 bridgehead atoms. The molecule has 2 aliphatic rings. The van der Waals surface area contributed by atoms with Crippen molar-refractivity contribution in [2.75, 3.05) is 7.11 Å². The van der Waals surface area contributed by atoms with Gasteiger partial charge < -0.3 is 9.64 Å². The van der Waals surface area contributed by atoms with E-state index in [9.17, 15) is 9.59 Å². The number of hydrogen-bond acceptors (Lipinski definition) is 3. The number of methoxy groups -OCH3 is 1. The van der Waals surface area contributed by atoms with Crippen LogP contribution in [0.3, 0.4) is 0 Å². The Balaban J connectivity index is 2.04. The molecule has 0 aromatic heterocycles. The first kappa shape index (κ1) is 14.1. The molecule has 1 aromatic carbocycles. The van der Waals surface area contributed by atoms with E-state index >= 15 is 0 Å². The first-order valence-corrected chi connectivity index (χ1v) is 7.39. The Labute approximate surface area is 125 Å². The van der Waals surface area contributed by atoms with Crippen LogP contribution in [0.5, 0.6) is 0 Å². The van der Waals surface area contributed by atoms with Crippen LogP contribution in [-0.4, -0.2) is 35.5 Å². The second-order valence-electron chi connectivity index (χ2n) is 6.78. The van der Waals surface area contributed by atoms with Crippen molar-refractivity contribution in [3.8, 4) is 0 Å². The van der Waals surface area contributed by atoms with Gasteiger partial charge in [0.05, 0.1) is 7.11 Å². The van der Waals surface area contributed by atoms with Crippen molar-refractivity contribution < 1.29 is 14.3 Å². The number of nitrogens with zero attached hydrogens (tertiary/aromatic N) is 1. The summed E-state index contributed by atoms with van der Waals surface area (Å²) in [5.41, 5.74) is -0.206. The number of esters is 1. The zero-order valence-electron chi connectivity index (χ0n) is 12.8. The minimum atomic E-state index is -0.782. The average Bonchev–Trinajstić information content (AvgIpc) is 2.96. The highest BCUT2D eigenvalue weighted by molar-refractivity contribution is 5.99. The molecule has 1 aromatic rings. The van der Waals surface area contributed by atoms with Gasteiger partial charge in [0, 0.05) is 11.6 Å². The molecule has 0 N–H and O–H groups in total. The fourth-order valence-electron chi connectivity index (χ4n) is 4.23. The molecule has 2 heterocycles. The van der Waals surface area contributed by atoms with Crippen molar-refractivity contribution in [1.82, 2.24) is 4.90 Å². The van der Waals surface area contributed by atoms with Crippen LogP contribution in [0.4, 0.5) is 0 Å². The summed E-state index contributed by atoms with van der Waals surface area (Å²) in [4.78, 5) is 27.2. The number of amides is 1. The quantitative estimate of drug-likeness (QED) is 0.786. The monoisotopic (exact) mass is 287 g/mol. The van der Waals surface area contributed by atoms with Gasteiger partial charge >= 0.3 is 5.97 Å². The van der Waals surface area contributed by atoms with Crippen LogP contribution in [0, 0.1) is 5.41 Å². The van der Waals surface area contributed by atoms with Gasteiger partial charge in [0.25, 0.3) is 5.91 Å². The molecular formula is C17H21NO3.